The van der Waals surface area contributed by atoms with Crippen LogP contribution in [0.5, 0.6) is 5.75 Å². The van der Waals surface area contributed by atoms with Gasteiger partial charge in [-0.2, -0.15) is 0 Å². The third-order valence-corrected chi connectivity index (χ3v) is 5.84. The van der Waals surface area contributed by atoms with Crippen LogP contribution in [0.2, 0.25) is 0 Å². The largest absolute Gasteiger partial charge is 0.491 e. The van der Waals surface area contributed by atoms with Crippen molar-refractivity contribution in [1.82, 2.24) is 14.3 Å². The molecule has 9 heteroatoms. The van der Waals surface area contributed by atoms with Gasteiger partial charge in [-0.05, 0) is 45.7 Å². The highest BCUT2D eigenvalue weighted by Gasteiger charge is 2.64. The second-order valence-corrected chi connectivity index (χ2v) is 9.23. The van der Waals surface area contributed by atoms with Crippen molar-refractivity contribution in [3.63, 3.8) is 0 Å². The molecule has 0 atom stereocenters. The summed E-state index contributed by atoms with van der Waals surface area (Å²) in [6.45, 7) is 6.80. The van der Waals surface area contributed by atoms with Crippen molar-refractivity contribution in [2.24, 2.45) is 5.41 Å². The van der Waals surface area contributed by atoms with Crippen LogP contribution < -0.4 is 4.74 Å². The summed E-state index contributed by atoms with van der Waals surface area (Å²) in [4.78, 5) is 17.0. The minimum absolute atomic E-state index is 0.169. The van der Waals surface area contributed by atoms with Crippen molar-refractivity contribution in [3.05, 3.63) is 30.2 Å². The molecule has 2 aliphatic heterocycles. The van der Waals surface area contributed by atoms with Crippen LogP contribution in [0.4, 0.5) is 13.6 Å². The summed E-state index contributed by atoms with van der Waals surface area (Å²) in [5.41, 5.74) is -0.881. The molecule has 3 aliphatic rings. The van der Waals surface area contributed by atoms with E-state index in [0.29, 0.717) is 31.2 Å². The highest BCUT2D eigenvalue weighted by atomic mass is 19.3. The van der Waals surface area contributed by atoms with Gasteiger partial charge in [-0.15, -0.1) is 0 Å². The third-order valence-electron chi connectivity index (χ3n) is 5.84. The smallest absolute Gasteiger partial charge is 0.407 e. The summed E-state index contributed by atoms with van der Waals surface area (Å²) in [5, 5.41) is 9.53. The van der Waals surface area contributed by atoms with Gasteiger partial charge < -0.3 is 19.5 Å². The Labute approximate surface area is 167 Å². The van der Waals surface area contributed by atoms with E-state index in [9.17, 15) is 18.7 Å². The van der Waals surface area contributed by atoms with Gasteiger partial charge in [0.15, 0.2) is 0 Å². The predicted octanol–water partition coefficient (Wildman–Crippen LogP) is 3.98. The second kappa shape index (κ2) is 6.55. The summed E-state index contributed by atoms with van der Waals surface area (Å²) in [7, 11) is 0. The lowest BCUT2D eigenvalue weighted by molar-refractivity contribution is -0.0600. The van der Waals surface area contributed by atoms with Crippen LogP contribution >= 0.6 is 0 Å². The van der Waals surface area contributed by atoms with E-state index in [2.05, 4.69) is 4.98 Å². The standard InChI is InChI=1S/C20H25F2N3O4/c1-18(2,3)25(17(26)27)10-20-8-19(9-20,12-29-20)11-28-13-4-5-15-23-6-14(16(21)22)24(15)7-13/h4-7,16H,8-12H2,1-3H3,(H,26,27). The monoisotopic (exact) mass is 409 g/mol. The van der Waals surface area contributed by atoms with Crippen LogP contribution in [0.1, 0.15) is 45.7 Å². The Morgan fingerprint density at radius 1 is 1.41 bits per heavy atom. The molecular formula is C20H25F2N3O4. The first-order chi connectivity index (χ1) is 13.5. The van der Waals surface area contributed by atoms with Crippen molar-refractivity contribution in [2.45, 2.75) is 51.2 Å². The molecule has 0 radical (unpaired) electrons. The Morgan fingerprint density at radius 3 is 2.76 bits per heavy atom. The summed E-state index contributed by atoms with van der Waals surface area (Å²) >= 11 is 0. The number of halogens is 2. The lowest BCUT2D eigenvalue weighted by Crippen LogP contribution is -2.58. The maximum absolute atomic E-state index is 13.1. The number of alkyl halides is 2. The minimum atomic E-state index is -2.62. The van der Waals surface area contributed by atoms with Gasteiger partial charge in [-0.3, -0.25) is 4.40 Å². The molecule has 2 aromatic heterocycles. The number of ether oxygens (including phenoxy) is 2. The zero-order chi connectivity index (χ0) is 21.0. The fourth-order valence-corrected chi connectivity index (χ4v) is 4.47. The number of hydrogen-bond acceptors (Lipinski definition) is 4. The second-order valence-electron chi connectivity index (χ2n) is 9.23. The molecule has 29 heavy (non-hydrogen) atoms. The molecule has 3 fully saturated rings. The van der Waals surface area contributed by atoms with Gasteiger partial charge in [0.25, 0.3) is 6.43 Å². The maximum Gasteiger partial charge on any atom is 0.407 e. The van der Waals surface area contributed by atoms with Crippen LogP contribution in [0.3, 0.4) is 0 Å². The average Bonchev–Trinajstić information content (AvgIpc) is 3.27. The van der Waals surface area contributed by atoms with E-state index >= 15 is 0 Å². The van der Waals surface area contributed by atoms with Crippen molar-refractivity contribution in [2.75, 3.05) is 19.8 Å². The molecular weight excluding hydrogens is 384 g/mol. The van der Waals surface area contributed by atoms with E-state index < -0.39 is 23.7 Å². The van der Waals surface area contributed by atoms with Gasteiger partial charge in [0.1, 0.15) is 17.1 Å². The van der Waals surface area contributed by atoms with Gasteiger partial charge in [-0.25, -0.2) is 18.6 Å². The van der Waals surface area contributed by atoms with E-state index in [1.54, 1.807) is 12.1 Å². The van der Waals surface area contributed by atoms with Crippen molar-refractivity contribution in [3.8, 4) is 5.75 Å². The molecule has 4 heterocycles. The quantitative estimate of drug-likeness (QED) is 0.781. The van der Waals surface area contributed by atoms with Gasteiger partial charge in [0.2, 0.25) is 0 Å². The maximum atomic E-state index is 13.1. The SMILES string of the molecule is CC(C)(C)N(CC12CC(COc3ccc4ncc(C(F)F)n4c3)(CO1)C2)C(=O)O. The van der Waals surface area contributed by atoms with Crippen LogP contribution in [0, 0.1) is 5.41 Å². The highest BCUT2D eigenvalue weighted by Crippen LogP contribution is 2.58. The number of amides is 1. The van der Waals surface area contributed by atoms with Gasteiger partial charge in [0.05, 0.1) is 37.8 Å². The first-order valence-electron chi connectivity index (χ1n) is 9.55. The molecule has 2 saturated heterocycles. The molecule has 5 rings (SSSR count). The third kappa shape index (κ3) is 3.52. The van der Waals surface area contributed by atoms with E-state index in [4.69, 9.17) is 9.47 Å². The zero-order valence-electron chi connectivity index (χ0n) is 16.7. The lowest BCUT2D eigenvalue weighted by atomic mass is 9.62. The van der Waals surface area contributed by atoms with Gasteiger partial charge in [0, 0.05) is 11.0 Å². The molecule has 0 aromatic carbocycles. The summed E-state index contributed by atoms with van der Waals surface area (Å²) in [6, 6.07) is 3.35. The number of carboxylic acid groups (broad SMARTS) is 1. The molecule has 1 N–H and O–H groups in total. The Hall–Kier alpha value is -2.42. The molecule has 7 nitrogen and oxygen atoms in total. The number of hydrogen-bond donors (Lipinski definition) is 1. The van der Waals surface area contributed by atoms with E-state index in [1.807, 2.05) is 20.8 Å². The Bertz CT molecular complexity index is 931. The van der Waals surface area contributed by atoms with Crippen LogP contribution in [0.25, 0.3) is 5.65 Å². The van der Waals surface area contributed by atoms with Crippen LogP contribution in [-0.2, 0) is 4.74 Å². The molecule has 2 bridgehead atoms. The normalized spacial score (nSPS) is 26.0. The van der Waals surface area contributed by atoms with E-state index in [-0.39, 0.29) is 11.1 Å². The van der Waals surface area contributed by atoms with Crippen LogP contribution in [0.15, 0.2) is 24.5 Å². The van der Waals surface area contributed by atoms with Gasteiger partial charge >= 0.3 is 6.09 Å². The summed E-state index contributed by atoms with van der Waals surface area (Å²) in [5.74, 6) is 0.484. The van der Waals surface area contributed by atoms with E-state index in [0.717, 1.165) is 19.0 Å². The number of nitrogens with zero attached hydrogens (tertiary/aromatic N) is 3. The molecule has 1 aliphatic carbocycles. The fourth-order valence-electron chi connectivity index (χ4n) is 4.47. The molecule has 2 aromatic rings. The number of aromatic nitrogens is 2. The topological polar surface area (TPSA) is 76.3 Å². The summed E-state index contributed by atoms with van der Waals surface area (Å²) < 4.78 is 39.4. The number of fused-ring (bicyclic) bond motifs is 2. The number of imidazole rings is 1. The average molecular weight is 409 g/mol. The molecule has 1 saturated carbocycles. The Morgan fingerprint density at radius 2 is 2.14 bits per heavy atom. The minimum Gasteiger partial charge on any atom is -0.491 e. The lowest BCUT2D eigenvalue weighted by Gasteiger charge is -2.48. The van der Waals surface area contributed by atoms with Gasteiger partial charge in [-0.1, -0.05) is 0 Å². The zero-order valence-corrected chi connectivity index (χ0v) is 16.7. The highest BCUT2D eigenvalue weighted by molar-refractivity contribution is 5.66. The first-order valence-corrected chi connectivity index (χ1v) is 9.55. The molecule has 158 valence electrons. The van der Waals surface area contributed by atoms with Crippen molar-refractivity contribution >= 4 is 11.7 Å². The molecule has 0 unspecified atom stereocenters. The predicted molar refractivity (Wildman–Crippen MR) is 100 cm³/mol. The Balaban J connectivity index is 1.41. The van der Waals surface area contributed by atoms with Crippen molar-refractivity contribution in [1.29, 1.82) is 0 Å². The van der Waals surface area contributed by atoms with Crippen LogP contribution in [-0.4, -0.2) is 56.4 Å². The molecule has 1 amide bonds. The summed E-state index contributed by atoms with van der Waals surface area (Å²) in [6.07, 6.45) is 0.546. The molecule has 0 spiro atoms. The Kier molecular flexibility index (Phi) is 4.49. The number of carbonyl (C=O) groups is 1. The fraction of sp³-hybridized carbons (Fsp3) is 0.600. The number of rotatable bonds is 6. The van der Waals surface area contributed by atoms with Crippen molar-refractivity contribution < 1.29 is 28.2 Å². The number of pyridine rings is 1. The first kappa shape index (κ1) is 19.9. The van der Waals surface area contributed by atoms with E-state index in [1.165, 1.54) is 15.5 Å².